The summed E-state index contributed by atoms with van der Waals surface area (Å²) >= 11 is 0. The maximum atomic E-state index is 11.6. The fourth-order valence-electron chi connectivity index (χ4n) is 1.32. The molecule has 1 amide bonds. The molecule has 0 radical (unpaired) electrons. The van der Waals surface area contributed by atoms with Gasteiger partial charge in [0.05, 0.1) is 24.8 Å². The second-order valence-corrected chi connectivity index (χ2v) is 5.88. The molecule has 8 heteroatoms. The van der Waals surface area contributed by atoms with Crippen LogP contribution in [0.1, 0.15) is 33.6 Å². The molecule has 1 unspecified atom stereocenters. The summed E-state index contributed by atoms with van der Waals surface area (Å²) in [4.78, 5) is 22.6. The molecular weight excluding hydrogens is 272 g/mol. The zero-order chi connectivity index (χ0) is 14.9. The van der Waals surface area contributed by atoms with Crippen LogP contribution in [-0.2, 0) is 24.3 Å². The van der Waals surface area contributed by atoms with Crippen LogP contribution in [0.4, 0.5) is 0 Å². The third-order valence-corrected chi connectivity index (χ3v) is 3.81. The Morgan fingerprint density at radius 1 is 1.26 bits per heavy atom. The maximum Gasteiger partial charge on any atom is 0.307 e. The smallest absolute Gasteiger partial charge is 0.307 e. The molecule has 0 aliphatic heterocycles. The molecule has 19 heavy (non-hydrogen) atoms. The minimum Gasteiger partial charge on any atom is -0.466 e. The first kappa shape index (κ1) is 17.8. The van der Waals surface area contributed by atoms with Gasteiger partial charge in [0, 0.05) is 6.54 Å². The first-order valence-corrected chi connectivity index (χ1v) is 7.91. The second-order valence-electron chi connectivity index (χ2n) is 4.00. The van der Waals surface area contributed by atoms with Crippen molar-refractivity contribution in [3.8, 4) is 0 Å². The van der Waals surface area contributed by atoms with E-state index in [2.05, 4.69) is 10.0 Å². The van der Waals surface area contributed by atoms with E-state index in [1.165, 1.54) is 6.92 Å². The summed E-state index contributed by atoms with van der Waals surface area (Å²) in [5, 5.41) is 2.47. The predicted octanol–water partition coefficient (Wildman–Crippen LogP) is -0.226. The van der Waals surface area contributed by atoms with E-state index in [0.717, 1.165) is 0 Å². The summed E-state index contributed by atoms with van der Waals surface area (Å²) in [6.45, 7) is 5.30. The van der Waals surface area contributed by atoms with Crippen LogP contribution in [0.2, 0.25) is 0 Å². The van der Waals surface area contributed by atoms with E-state index in [1.807, 2.05) is 0 Å². The fourth-order valence-corrected chi connectivity index (χ4v) is 2.63. The Kier molecular flexibility index (Phi) is 8.33. The van der Waals surface area contributed by atoms with Crippen molar-refractivity contribution >= 4 is 21.9 Å². The summed E-state index contributed by atoms with van der Waals surface area (Å²) in [6.07, 6.45) is 0.542. The van der Waals surface area contributed by atoms with Crippen molar-refractivity contribution in [2.75, 3.05) is 18.9 Å². The number of carbonyl (C=O) groups is 2. The van der Waals surface area contributed by atoms with Gasteiger partial charge in [0.25, 0.3) is 0 Å². The van der Waals surface area contributed by atoms with E-state index in [9.17, 15) is 18.0 Å². The number of sulfonamides is 1. The molecule has 1 atom stereocenters. The zero-order valence-corrected chi connectivity index (χ0v) is 12.4. The molecule has 112 valence electrons. The number of rotatable bonds is 9. The Morgan fingerprint density at radius 3 is 2.42 bits per heavy atom. The van der Waals surface area contributed by atoms with Crippen LogP contribution in [0, 0.1) is 0 Å². The third kappa shape index (κ3) is 8.55. The summed E-state index contributed by atoms with van der Waals surface area (Å²) in [5.74, 6) is -0.890. The number of nitrogens with one attached hydrogen (secondary N) is 2. The first-order chi connectivity index (χ1) is 8.82. The minimum atomic E-state index is -3.43. The number of hydrogen-bond donors (Lipinski definition) is 2. The van der Waals surface area contributed by atoms with E-state index < -0.39 is 27.9 Å². The topological polar surface area (TPSA) is 102 Å². The highest BCUT2D eigenvalue weighted by atomic mass is 32.2. The van der Waals surface area contributed by atoms with Crippen LogP contribution >= 0.6 is 0 Å². The molecule has 0 saturated carbocycles. The lowest BCUT2D eigenvalue weighted by molar-refractivity contribution is -0.143. The van der Waals surface area contributed by atoms with Crippen molar-refractivity contribution < 1.29 is 22.7 Å². The molecule has 0 bridgehead atoms. The molecule has 0 heterocycles. The molecule has 0 rings (SSSR count). The molecule has 0 aliphatic carbocycles. The van der Waals surface area contributed by atoms with E-state index >= 15 is 0 Å². The molecule has 0 saturated heterocycles. The van der Waals surface area contributed by atoms with Gasteiger partial charge in [0.2, 0.25) is 15.9 Å². The maximum absolute atomic E-state index is 11.6. The van der Waals surface area contributed by atoms with Crippen LogP contribution in [0.15, 0.2) is 0 Å². The standard InChI is InChI=1S/C11H22N2O5S/c1-4-8-19(16,17)13-9(3)11(15)12-7-6-10(14)18-5-2/h9,13H,4-8H2,1-3H3,(H,12,15). The van der Waals surface area contributed by atoms with Gasteiger partial charge in [-0.1, -0.05) is 6.92 Å². The van der Waals surface area contributed by atoms with Crippen LogP contribution in [-0.4, -0.2) is 45.2 Å². The van der Waals surface area contributed by atoms with Crippen molar-refractivity contribution in [3.05, 3.63) is 0 Å². The molecule has 0 aromatic carbocycles. The Morgan fingerprint density at radius 2 is 1.89 bits per heavy atom. The van der Waals surface area contributed by atoms with Crippen molar-refractivity contribution in [3.63, 3.8) is 0 Å². The highest BCUT2D eigenvalue weighted by Gasteiger charge is 2.19. The molecule has 0 spiro atoms. The second kappa shape index (κ2) is 8.87. The van der Waals surface area contributed by atoms with Gasteiger partial charge in [0.15, 0.2) is 0 Å². The van der Waals surface area contributed by atoms with Crippen molar-refractivity contribution in [1.82, 2.24) is 10.0 Å². The van der Waals surface area contributed by atoms with Gasteiger partial charge < -0.3 is 10.1 Å². The van der Waals surface area contributed by atoms with Crippen molar-refractivity contribution in [1.29, 1.82) is 0 Å². The van der Waals surface area contributed by atoms with Gasteiger partial charge in [-0.05, 0) is 20.3 Å². The van der Waals surface area contributed by atoms with Gasteiger partial charge in [-0.25, -0.2) is 13.1 Å². The monoisotopic (exact) mass is 294 g/mol. The quantitative estimate of drug-likeness (QED) is 0.572. The normalized spacial score (nSPS) is 12.8. The van der Waals surface area contributed by atoms with Gasteiger partial charge in [0.1, 0.15) is 0 Å². The zero-order valence-electron chi connectivity index (χ0n) is 11.6. The number of esters is 1. The first-order valence-electron chi connectivity index (χ1n) is 6.25. The summed E-state index contributed by atoms with van der Waals surface area (Å²) in [6, 6.07) is -0.862. The molecular formula is C11H22N2O5S. The number of hydrogen-bond acceptors (Lipinski definition) is 5. The minimum absolute atomic E-state index is 0.0204. The summed E-state index contributed by atoms with van der Waals surface area (Å²) in [7, 11) is -3.43. The number of carbonyl (C=O) groups excluding carboxylic acids is 2. The average molecular weight is 294 g/mol. The molecule has 0 aromatic rings. The molecule has 2 N–H and O–H groups in total. The van der Waals surface area contributed by atoms with Crippen LogP contribution in [0.3, 0.4) is 0 Å². The highest BCUT2D eigenvalue weighted by molar-refractivity contribution is 7.89. The fraction of sp³-hybridized carbons (Fsp3) is 0.818. The lowest BCUT2D eigenvalue weighted by Gasteiger charge is -2.13. The lowest BCUT2D eigenvalue weighted by atomic mass is 10.3. The van der Waals surface area contributed by atoms with Gasteiger partial charge in [-0.3, -0.25) is 9.59 Å². The Hall–Kier alpha value is -1.15. The molecule has 0 fully saturated rings. The SMILES string of the molecule is CCCS(=O)(=O)NC(C)C(=O)NCCC(=O)OCC. The Bertz CT molecular complexity index is 394. The predicted molar refractivity (Wildman–Crippen MR) is 70.9 cm³/mol. The number of ether oxygens (including phenoxy) is 1. The summed E-state index contributed by atoms with van der Waals surface area (Å²) < 4.78 is 29.9. The largest absolute Gasteiger partial charge is 0.466 e. The van der Waals surface area contributed by atoms with Crippen molar-refractivity contribution in [2.24, 2.45) is 0 Å². The van der Waals surface area contributed by atoms with Crippen LogP contribution in [0.25, 0.3) is 0 Å². The van der Waals surface area contributed by atoms with E-state index in [0.29, 0.717) is 13.0 Å². The molecule has 0 aromatic heterocycles. The third-order valence-electron chi connectivity index (χ3n) is 2.16. The molecule has 7 nitrogen and oxygen atoms in total. The lowest BCUT2D eigenvalue weighted by Crippen LogP contribution is -2.45. The Balaban J connectivity index is 4.04. The van der Waals surface area contributed by atoms with Crippen LogP contribution in [0.5, 0.6) is 0 Å². The van der Waals surface area contributed by atoms with Crippen LogP contribution < -0.4 is 10.0 Å². The van der Waals surface area contributed by atoms with Gasteiger partial charge in [-0.15, -0.1) is 0 Å². The Labute approximate surface area is 114 Å². The highest BCUT2D eigenvalue weighted by Crippen LogP contribution is 1.93. The number of amides is 1. The van der Waals surface area contributed by atoms with Gasteiger partial charge >= 0.3 is 5.97 Å². The van der Waals surface area contributed by atoms with Gasteiger partial charge in [-0.2, -0.15) is 0 Å². The van der Waals surface area contributed by atoms with E-state index in [4.69, 9.17) is 4.74 Å². The van der Waals surface area contributed by atoms with E-state index in [-0.39, 0.29) is 18.7 Å². The van der Waals surface area contributed by atoms with E-state index in [1.54, 1.807) is 13.8 Å². The summed E-state index contributed by atoms with van der Waals surface area (Å²) in [5.41, 5.74) is 0. The van der Waals surface area contributed by atoms with Crippen molar-refractivity contribution in [2.45, 2.75) is 39.7 Å². The molecule has 0 aliphatic rings. The average Bonchev–Trinajstić information content (AvgIpc) is 2.28.